The maximum absolute atomic E-state index is 12.3. The quantitative estimate of drug-likeness (QED) is 0.380. The second-order valence-corrected chi connectivity index (χ2v) is 8.73. The number of nitrogen functional groups attached to an aromatic ring is 1. The third kappa shape index (κ3) is 6.73. The SMILES string of the molecule is CC(C)OC(=O)[C@H](C)N=[P+]([O-])Oc1ccccc1OC[C@H]1O[C@@H](n2ccc(N)nc2=O)C[C@@H]1O. The molecule has 1 aromatic heterocycles. The summed E-state index contributed by atoms with van der Waals surface area (Å²) in [5.74, 6) is -0.139. The average molecular weight is 494 g/mol. The van der Waals surface area contributed by atoms with Crippen LogP contribution in [-0.2, 0) is 14.3 Å². The molecule has 184 valence electrons. The van der Waals surface area contributed by atoms with Crippen LogP contribution in [0.2, 0.25) is 0 Å². The predicted octanol–water partition coefficient (Wildman–Crippen LogP) is 1.13. The van der Waals surface area contributed by atoms with E-state index in [0.29, 0.717) is 0 Å². The normalized spacial score (nSPS) is 21.4. The zero-order chi connectivity index (χ0) is 24.8. The summed E-state index contributed by atoms with van der Waals surface area (Å²) < 4.78 is 27.0. The zero-order valence-electron chi connectivity index (χ0n) is 18.9. The Hall–Kier alpha value is -3.05. The molecule has 3 N–H and O–H groups in total. The molecule has 12 nitrogen and oxygen atoms in total. The van der Waals surface area contributed by atoms with Gasteiger partial charge >= 0.3 is 19.8 Å². The molecule has 1 aromatic carbocycles. The lowest BCUT2D eigenvalue weighted by molar-refractivity contribution is -0.170. The van der Waals surface area contributed by atoms with Gasteiger partial charge in [0.15, 0.2) is 11.8 Å². The molecule has 0 bridgehead atoms. The van der Waals surface area contributed by atoms with E-state index in [1.54, 1.807) is 32.0 Å². The lowest BCUT2D eigenvalue weighted by atomic mass is 10.2. The molecule has 1 unspecified atom stereocenters. The molecule has 0 aliphatic carbocycles. The van der Waals surface area contributed by atoms with Gasteiger partial charge in [-0.1, -0.05) is 16.9 Å². The van der Waals surface area contributed by atoms with Crippen LogP contribution in [0.1, 0.15) is 33.4 Å². The molecular formula is C21H27N4O8P. The first-order valence-corrected chi connectivity index (χ1v) is 11.7. The molecular weight excluding hydrogens is 467 g/mol. The number of aliphatic hydroxyl groups is 1. The van der Waals surface area contributed by atoms with E-state index in [2.05, 4.69) is 9.73 Å². The van der Waals surface area contributed by atoms with Crippen LogP contribution in [0.5, 0.6) is 11.5 Å². The number of benzene rings is 1. The number of hydrogen-bond acceptors (Lipinski definition) is 11. The summed E-state index contributed by atoms with van der Waals surface area (Å²) >= 11 is 0. The average Bonchev–Trinajstić information content (AvgIpc) is 3.12. The number of aliphatic hydroxyl groups excluding tert-OH is 1. The molecule has 1 fully saturated rings. The molecule has 0 saturated carbocycles. The third-order valence-electron chi connectivity index (χ3n) is 4.76. The van der Waals surface area contributed by atoms with Crippen LogP contribution in [0.25, 0.3) is 0 Å². The number of carbonyl (C=O) groups excluding carboxylic acids is 1. The van der Waals surface area contributed by atoms with Crippen LogP contribution in [0.3, 0.4) is 0 Å². The Morgan fingerprint density at radius 3 is 2.74 bits per heavy atom. The smallest absolute Gasteiger partial charge is 0.395 e. The van der Waals surface area contributed by atoms with Crippen molar-refractivity contribution in [3.63, 3.8) is 0 Å². The first-order chi connectivity index (χ1) is 16.1. The van der Waals surface area contributed by atoms with Gasteiger partial charge in [0.1, 0.15) is 24.8 Å². The van der Waals surface area contributed by atoms with Gasteiger partial charge < -0.3 is 29.9 Å². The van der Waals surface area contributed by atoms with E-state index in [9.17, 15) is 19.6 Å². The number of anilines is 1. The predicted molar refractivity (Wildman–Crippen MR) is 120 cm³/mol. The van der Waals surface area contributed by atoms with Crippen LogP contribution in [0, 0.1) is 0 Å². The van der Waals surface area contributed by atoms with Crippen LogP contribution >= 0.6 is 8.17 Å². The number of para-hydroxylation sites is 2. The number of esters is 1. The van der Waals surface area contributed by atoms with Gasteiger partial charge in [0.05, 0.1) is 12.2 Å². The fourth-order valence-electron chi connectivity index (χ4n) is 3.12. The van der Waals surface area contributed by atoms with Crippen molar-refractivity contribution in [1.82, 2.24) is 9.55 Å². The summed E-state index contributed by atoms with van der Waals surface area (Å²) in [6, 6.07) is 6.95. The van der Waals surface area contributed by atoms with E-state index >= 15 is 0 Å². The van der Waals surface area contributed by atoms with Gasteiger partial charge in [-0.3, -0.25) is 9.09 Å². The maximum atomic E-state index is 12.3. The first-order valence-electron chi connectivity index (χ1n) is 10.6. The number of nitrogens with zero attached hydrogens (tertiary/aromatic N) is 3. The van der Waals surface area contributed by atoms with Crippen LogP contribution in [0.4, 0.5) is 5.82 Å². The van der Waals surface area contributed by atoms with Crippen LogP contribution in [0.15, 0.2) is 46.1 Å². The zero-order valence-corrected chi connectivity index (χ0v) is 19.8. The van der Waals surface area contributed by atoms with Crippen molar-refractivity contribution in [2.24, 2.45) is 4.74 Å². The van der Waals surface area contributed by atoms with E-state index in [-0.39, 0.29) is 36.4 Å². The molecule has 2 aromatic rings. The van der Waals surface area contributed by atoms with E-state index in [4.69, 9.17) is 24.5 Å². The van der Waals surface area contributed by atoms with Crippen molar-refractivity contribution in [3.8, 4) is 11.5 Å². The molecule has 2 heterocycles. The topological polar surface area (TPSA) is 171 Å². The second kappa shape index (κ2) is 11.4. The number of rotatable bonds is 9. The Morgan fingerprint density at radius 1 is 1.35 bits per heavy atom. The molecule has 3 rings (SSSR count). The van der Waals surface area contributed by atoms with Crippen molar-refractivity contribution >= 4 is 20.0 Å². The van der Waals surface area contributed by atoms with Gasteiger partial charge in [-0.15, -0.1) is 0 Å². The minimum absolute atomic E-state index is 0.0692. The van der Waals surface area contributed by atoms with E-state index < -0.39 is 44.3 Å². The van der Waals surface area contributed by atoms with E-state index in [1.165, 1.54) is 29.8 Å². The van der Waals surface area contributed by atoms with Gasteiger partial charge in [-0.2, -0.15) is 4.98 Å². The molecule has 13 heteroatoms. The van der Waals surface area contributed by atoms with Crippen LogP contribution in [-0.4, -0.2) is 51.6 Å². The number of aromatic nitrogens is 2. The second-order valence-electron chi connectivity index (χ2n) is 7.84. The summed E-state index contributed by atoms with van der Waals surface area (Å²) in [6.07, 6.45) is -1.08. The highest BCUT2D eigenvalue weighted by molar-refractivity contribution is 7.34. The van der Waals surface area contributed by atoms with E-state index in [1.807, 2.05) is 0 Å². The lowest BCUT2D eigenvalue weighted by Gasteiger charge is -2.17. The Bertz CT molecular complexity index is 1090. The van der Waals surface area contributed by atoms with Gasteiger partial charge in [-0.05, 0) is 39.0 Å². The Morgan fingerprint density at radius 2 is 2.06 bits per heavy atom. The van der Waals surface area contributed by atoms with Crippen molar-refractivity contribution in [1.29, 1.82) is 0 Å². The molecule has 1 aliphatic heterocycles. The highest BCUT2D eigenvalue weighted by Gasteiger charge is 2.36. The Balaban J connectivity index is 1.62. The highest BCUT2D eigenvalue weighted by Crippen LogP contribution is 2.34. The number of hydrogen-bond donors (Lipinski definition) is 2. The summed E-state index contributed by atoms with van der Waals surface area (Å²) in [5, 5.41) is 10.4. The summed E-state index contributed by atoms with van der Waals surface area (Å²) in [6.45, 7) is 4.79. The lowest BCUT2D eigenvalue weighted by Crippen LogP contribution is -2.29. The van der Waals surface area contributed by atoms with E-state index in [0.717, 1.165) is 0 Å². The molecule has 0 spiro atoms. The molecule has 0 radical (unpaired) electrons. The van der Waals surface area contributed by atoms with Crippen molar-refractivity contribution in [2.75, 3.05) is 12.3 Å². The third-order valence-corrected chi connectivity index (χ3v) is 5.64. The van der Waals surface area contributed by atoms with Gasteiger partial charge in [-0.25, -0.2) is 9.59 Å². The fraction of sp³-hybridized carbons (Fsp3) is 0.476. The molecule has 1 aliphatic rings. The van der Waals surface area contributed by atoms with Crippen molar-refractivity contribution < 1.29 is 33.5 Å². The summed E-state index contributed by atoms with van der Waals surface area (Å²) in [5.41, 5.74) is 4.92. The minimum atomic E-state index is -2.59. The number of ether oxygens (including phenoxy) is 3. The minimum Gasteiger partial charge on any atom is -0.575 e. The van der Waals surface area contributed by atoms with Gasteiger partial charge in [0.25, 0.3) is 0 Å². The number of nitrogens with two attached hydrogens (primary N) is 1. The summed E-state index contributed by atoms with van der Waals surface area (Å²) in [4.78, 5) is 39.9. The fourth-order valence-corrected chi connectivity index (χ4v) is 3.87. The summed E-state index contributed by atoms with van der Waals surface area (Å²) in [7, 11) is -2.59. The molecule has 34 heavy (non-hydrogen) atoms. The number of carbonyl (C=O) groups is 1. The van der Waals surface area contributed by atoms with Crippen LogP contribution < -0.4 is 25.6 Å². The van der Waals surface area contributed by atoms with Gasteiger partial charge in [0, 0.05) is 12.6 Å². The largest absolute Gasteiger partial charge is 0.575 e. The van der Waals surface area contributed by atoms with Crippen molar-refractivity contribution in [2.45, 2.75) is 57.8 Å². The standard InChI is InChI=1S/C21H27N4O8P/c1-12(2)31-20(27)13(3)24-34(29)33-16-7-5-4-6-15(16)30-11-17-14(26)10-19(32-17)25-9-8-18(22)23-21(25)28/h4-9,12-14,17,19,26H,10-11H2,1-3H3,(H2,22,23,28)/t13-,14-,17+,19+/m0/s1. The van der Waals surface area contributed by atoms with Gasteiger partial charge in [0.2, 0.25) is 5.75 Å². The Labute approximate surface area is 196 Å². The maximum Gasteiger partial charge on any atom is 0.395 e. The first kappa shape index (κ1) is 25.6. The molecule has 5 atom stereocenters. The molecule has 0 amide bonds. The molecule has 1 saturated heterocycles. The monoisotopic (exact) mass is 494 g/mol. The highest BCUT2D eigenvalue weighted by atomic mass is 31.1. The van der Waals surface area contributed by atoms with Crippen molar-refractivity contribution in [3.05, 3.63) is 47.0 Å². The Kier molecular flexibility index (Phi) is 8.56.